The molecule has 2 heterocycles. The number of amides is 1. The van der Waals surface area contributed by atoms with Crippen LogP contribution in [0.15, 0.2) is 0 Å². The molecule has 1 amide bonds. The second kappa shape index (κ2) is 7.38. The topological polar surface area (TPSA) is 44.8 Å². The van der Waals surface area contributed by atoms with E-state index in [-0.39, 0.29) is 18.2 Å². The summed E-state index contributed by atoms with van der Waals surface area (Å²) in [5, 5.41) is 3.49. The molecule has 0 radical (unpaired) electrons. The zero-order chi connectivity index (χ0) is 14.5. The minimum Gasteiger partial charge on any atom is -0.379 e. The van der Waals surface area contributed by atoms with Crippen molar-refractivity contribution in [2.24, 2.45) is 0 Å². The lowest BCUT2D eigenvalue weighted by Crippen LogP contribution is -2.50. The zero-order valence-electron chi connectivity index (χ0n) is 13.1. The van der Waals surface area contributed by atoms with Crippen molar-refractivity contribution in [3.8, 4) is 0 Å². The van der Waals surface area contributed by atoms with Gasteiger partial charge in [0.1, 0.15) is 0 Å². The Morgan fingerprint density at radius 2 is 2.05 bits per heavy atom. The first kappa shape index (κ1) is 15.7. The van der Waals surface area contributed by atoms with Crippen LogP contribution in [0.5, 0.6) is 0 Å². The fourth-order valence-corrected chi connectivity index (χ4v) is 3.30. The lowest BCUT2D eigenvalue weighted by Gasteiger charge is -2.35. The smallest absolute Gasteiger partial charge is 0.241 e. The summed E-state index contributed by atoms with van der Waals surface area (Å²) in [6.07, 6.45) is 3.16. The van der Waals surface area contributed by atoms with E-state index in [1.165, 1.54) is 0 Å². The highest BCUT2D eigenvalue weighted by Crippen LogP contribution is 2.20. The number of hydrogen-bond acceptors (Lipinski definition) is 4. The van der Waals surface area contributed by atoms with E-state index < -0.39 is 0 Å². The molecule has 2 saturated heterocycles. The monoisotopic (exact) mass is 283 g/mol. The van der Waals surface area contributed by atoms with E-state index in [1.807, 2.05) is 0 Å². The van der Waals surface area contributed by atoms with E-state index in [0.29, 0.717) is 5.91 Å². The van der Waals surface area contributed by atoms with Crippen molar-refractivity contribution < 1.29 is 9.53 Å². The molecule has 1 N–H and O–H groups in total. The van der Waals surface area contributed by atoms with Gasteiger partial charge in [-0.25, -0.2) is 0 Å². The van der Waals surface area contributed by atoms with E-state index >= 15 is 0 Å². The first-order valence-corrected chi connectivity index (χ1v) is 8.05. The van der Waals surface area contributed by atoms with Gasteiger partial charge in [-0.1, -0.05) is 20.3 Å². The maximum Gasteiger partial charge on any atom is 0.241 e. The molecule has 0 bridgehead atoms. The lowest BCUT2D eigenvalue weighted by molar-refractivity contribution is -0.132. The molecule has 2 aliphatic rings. The van der Waals surface area contributed by atoms with Crippen molar-refractivity contribution in [3.63, 3.8) is 0 Å². The highest BCUT2D eigenvalue weighted by atomic mass is 16.5. The van der Waals surface area contributed by atoms with Crippen LogP contribution < -0.4 is 5.32 Å². The second-order valence-electron chi connectivity index (χ2n) is 5.94. The summed E-state index contributed by atoms with van der Waals surface area (Å²) in [4.78, 5) is 17.1. The predicted octanol–water partition coefficient (Wildman–Crippen LogP) is 1.04. The summed E-state index contributed by atoms with van der Waals surface area (Å²) < 4.78 is 5.38. The predicted molar refractivity (Wildman–Crippen MR) is 79.5 cm³/mol. The first-order chi connectivity index (χ1) is 9.67. The number of ether oxygens (including phenoxy) is 1. The summed E-state index contributed by atoms with van der Waals surface area (Å²) in [6, 6.07) is 0.289. The van der Waals surface area contributed by atoms with Crippen LogP contribution in [0.4, 0.5) is 0 Å². The van der Waals surface area contributed by atoms with Crippen LogP contribution in [0, 0.1) is 0 Å². The molecule has 3 atom stereocenters. The summed E-state index contributed by atoms with van der Waals surface area (Å²) >= 11 is 0. The van der Waals surface area contributed by atoms with Crippen LogP contribution in [-0.2, 0) is 9.53 Å². The number of hydrogen-bond donors (Lipinski definition) is 1. The average molecular weight is 283 g/mol. The Bertz CT molecular complexity index is 318. The molecule has 0 aromatic carbocycles. The molecule has 0 aliphatic carbocycles. The third-order valence-electron chi connectivity index (χ3n) is 4.35. The zero-order valence-corrected chi connectivity index (χ0v) is 13.1. The van der Waals surface area contributed by atoms with Crippen LogP contribution in [0.2, 0.25) is 0 Å². The fourth-order valence-electron chi connectivity index (χ4n) is 3.30. The molecule has 2 fully saturated rings. The molecule has 0 saturated carbocycles. The average Bonchev–Trinajstić information content (AvgIpc) is 2.77. The van der Waals surface area contributed by atoms with E-state index in [4.69, 9.17) is 4.74 Å². The largest absolute Gasteiger partial charge is 0.379 e. The van der Waals surface area contributed by atoms with E-state index in [1.54, 1.807) is 0 Å². The molecule has 0 aromatic rings. The Balaban J connectivity index is 1.95. The van der Waals surface area contributed by atoms with Crippen molar-refractivity contribution in [3.05, 3.63) is 0 Å². The van der Waals surface area contributed by atoms with Crippen LogP contribution in [0.3, 0.4) is 0 Å². The van der Waals surface area contributed by atoms with Crippen molar-refractivity contribution in [2.45, 2.75) is 58.3 Å². The third-order valence-corrected chi connectivity index (χ3v) is 4.35. The summed E-state index contributed by atoms with van der Waals surface area (Å²) in [5.74, 6) is 0.291. The number of nitrogens with zero attached hydrogens (tertiary/aromatic N) is 2. The molecule has 116 valence electrons. The minimum absolute atomic E-state index is 0.0251. The highest BCUT2D eigenvalue weighted by molar-refractivity contribution is 5.84. The van der Waals surface area contributed by atoms with Gasteiger partial charge in [-0.2, -0.15) is 0 Å². The van der Waals surface area contributed by atoms with Crippen molar-refractivity contribution >= 4 is 5.91 Å². The lowest BCUT2D eigenvalue weighted by atomic mass is 10.1. The Morgan fingerprint density at radius 1 is 1.35 bits per heavy atom. The Kier molecular flexibility index (Phi) is 5.81. The van der Waals surface area contributed by atoms with Crippen LogP contribution in [0.1, 0.15) is 40.0 Å². The van der Waals surface area contributed by atoms with Gasteiger partial charge < -0.3 is 9.64 Å². The standard InChI is InChI=1S/C15H29N3O2/c1-4-6-13-15(19)18(14(5-2)16-13)12(3)11-17-7-9-20-10-8-17/h12-14,16H,4-11H2,1-3H3. The van der Waals surface area contributed by atoms with E-state index in [2.05, 4.69) is 35.9 Å². The van der Waals surface area contributed by atoms with Gasteiger partial charge in [0.15, 0.2) is 0 Å². The quantitative estimate of drug-likeness (QED) is 0.791. The minimum atomic E-state index is 0.0251. The van der Waals surface area contributed by atoms with E-state index in [0.717, 1.165) is 52.1 Å². The fraction of sp³-hybridized carbons (Fsp3) is 0.933. The van der Waals surface area contributed by atoms with Gasteiger partial charge in [0.05, 0.1) is 25.4 Å². The second-order valence-corrected chi connectivity index (χ2v) is 5.94. The normalized spacial score (nSPS) is 29.9. The molecule has 0 spiro atoms. The first-order valence-electron chi connectivity index (χ1n) is 8.05. The van der Waals surface area contributed by atoms with Gasteiger partial charge in [-0.05, 0) is 19.8 Å². The molecule has 0 aromatic heterocycles. The molecule has 5 heteroatoms. The van der Waals surface area contributed by atoms with Crippen LogP contribution >= 0.6 is 0 Å². The third kappa shape index (κ3) is 3.51. The molecule has 5 nitrogen and oxygen atoms in total. The molecular formula is C15H29N3O2. The van der Waals surface area contributed by atoms with Gasteiger partial charge in [0.2, 0.25) is 5.91 Å². The maximum absolute atomic E-state index is 12.6. The highest BCUT2D eigenvalue weighted by Gasteiger charge is 2.40. The molecule has 20 heavy (non-hydrogen) atoms. The van der Waals surface area contributed by atoms with Crippen molar-refractivity contribution in [2.75, 3.05) is 32.8 Å². The van der Waals surface area contributed by atoms with Crippen molar-refractivity contribution in [1.29, 1.82) is 0 Å². The Labute approximate surface area is 122 Å². The summed E-state index contributed by atoms with van der Waals surface area (Å²) in [6.45, 7) is 11.0. The van der Waals surface area contributed by atoms with Crippen LogP contribution in [0.25, 0.3) is 0 Å². The SMILES string of the molecule is CCCC1NC(CC)N(C(C)CN2CCOCC2)C1=O. The van der Waals surface area contributed by atoms with Gasteiger partial charge in [0, 0.05) is 25.7 Å². The van der Waals surface area contributed by atoms with Gasteiger partial charge in [-0.15, -0.1) is 0 Å². The molecule has 3 unspecified atom stereocenters. The summed E-state index contributed by atoms with van der Waals surface area (Å²) in [7, 11) is 0. The summed E-state index contributed by atoms with van der Waals surface area (Å²) in [5.41, 5.74) is 0. The van der Waals surface area contributed by atoms with Gasteiger partial charge >= 0.3 is 0 Å². The molecule has 2 aliphatic heterocycles. The number of carbonyl (C=O) groups is 1. The Morgan fingerprint density at radius 3 is 2.65 bits per heavy atom. The number of carbonyl (C=O) groups excluding carboxylic acids is 1. The number of morpholine rings is 1. The number of nitrogens with one attached hydrogen (secondary N) is 1. The van der Waals surface area contributed by atoms with E-state index in [9.17, 15) is 4.79 Å². The van der Waals surface area contributed by atoms with Gasteiger partial charge in [0.25, 0.3) is 0 Å². The van der Waals surface area contributed by atoms with Gasteiger partial charge in [-0.3, -0.25) is 15.0 Å². The molecular weight excluding hydrogens is 254 g/mol. The Hall–Kier alpha value is -0.650. The van der Waals surface area contributed by atoms with Crippen molar-refractivity contribution in [1.82, 2.24) is 15.1 Å². The molecule has 2 rings (SSSR count). The number of rotatable bonds is 6. The maximum atomic E-state index is 12.6. The van der Waals surface area contributed by atoms with Crippen LogP contribution in [-0.4, -0.2) is 66.8 Å².